The summed E-state index contributed by atoms with van der Waals surface area (Å²) in [4.78, 5) is 18.8. The average molecular weight is 261 g/mol. The third-order valence-corrected chi connectivity index (χ3v) is 3.50. The van der Waals surface area contributed by atoms with E-state index in [9.17, 15) is 9.18 Å². The van der Waals surface area contributed by atoms with Gasteiger partial charge in [0.1, 0.15) is 10.6 Å². The molecular formula is C12H8FN3OS. The van der Waals surface area contributed by atoms with Gasteiger partial charge in [0, 0.05) is 16.5 Å². The molecule has 2 aromatic heterocycles. The van der Waals surface area contributed by atoms with Crippen LogP contribution in [0.3, 0.4) is 0 Å². The third-order valence-electron chi connectivity index (χ3n) is 2.63. The molecule has 0 saturated heterocycles. The van der Waals surface area contributed by atoms with Crippen molar-refractivity contribution in [3.8, 4) is 11.1 Å². The van der Waals surface area contributed by atoms with Crippen molar-refractivity contribution in [2.24, 2.45) is 0 Å². The van der Waals surface area contributed by atoms with Gasteiger partial charge >= 0.3 is 0 Å². The van der Waals surface area contributed by atoms with E-state index in [2.05, 4.69) is 9.97 Å². The standard InChI is InChI=1S/C12H8FN3OS/c13-8-4-2-1-3-6(8)7-5-18-11-9(7)10(17)15-12(14)16-11/h1-5H,(H3,14,15,16,17). The van der Waals surface area contributed by atoms with Gasteiger partial charge in [0.2, 0.25) is 5.95 Å². The lowest BCUT2D eigenvalue weighted by Crippen LogP contribution is -2.10. The quantitative estimate of drug-likeness (QED) is 0.706. The van der Waals surface area contributed by atoms with Crippen LogP contribution in [-0.4, -0.2) is 9.97 Å². The summed E-state index contributed by atoms with van der Waals surface area (Å²) in [7, 11) is 0. The lowest BCUT2D eigenvalue weighted by molar-refractivity contribution is 0.631. The van der Waals surface area contributed by atoms with Gasteiger partial charge < -0.3 is 5.73 Å². The highest BCUT2D eigenvalue weighted by atomic mass is 32.1. The van der Waals surface area contributed by atoms with E-state index in [1.807, 2.05) is 0 Å². The van der Waals surface area contributed by atoms with Crippen LogP contribution in [0.25, 0.3) is 21.3 Å². The zero-order valence-corrected chi connectivity index (χ0v) is 9.92. The molecule has 0 unspecified atom stereocenters. The molecule has 0 fully saturated rings. The number of nitrogen functional groups attached to an aromatic ring is 1. The monoisotopic (exact) mass is 261 g/mol. The van der Waals surface area contributed by atoms with Gasteiger partial charge in [0.15, 0.2) is 0 Å². The van der Waals surface area contributed by atoms with Crippen molar-refractivity contribution in [2.45, 2.75) is 0 Å². The number of fused-ring (bicyclic) bond motifs is 1. The third kappa shape index (κ3) is 1.58. The van der Waals surface area contributed by atoms with Gasteiger partial charge in [-0.15, -0.1) is 11.3 Å². The number of rotatable bonds is 1. The number of thiophene rings is 1. The predicted octanol–water partition coefficient (Wildman–Crippen LogP) is 2.37. The van der Waals surface area contributed by atoms with Crippen LogP contribution in [0.1, 0.15) is 0 Å². The van der Waals surface area contributed by atoms with Gasteiger partial charge in [-0.1, -0.05) is 18.2 Å². The number of nitrogens with two attached hydrogens (primary N) is 1. The molecule has 0 spiro atoms. The molecule has 0 bridgehead atoms. The second kappa shape index (κ2) is 3.92. The molecule has 3 rings (SSSR count). The van der Waals surface area contributed by atoms with E-state index in [4.69, 9.17) is 5.73 Å². The Hall–Kier alpha value is -2.21. The van der Waals surface area contributed by atoms with E-state index in [0.717, 1.165) is 0 Å². The molecule has 0 aliphatic carbocycles. The summed E-state index contributed by atoms with van der Waals surface area (Å²) >= 11 is 1.27. The Balaban J connectivity index is 2.39. The minimum absolute atomic E-state index is 0.0643. The van der Waals surface area contributed by atoms with Crippen molar-refractivity contribution < 1.29 is 4.39 Å². The highest BCUT2D eigenvalue weighted by molar-refractivity contribution is 7.17. The van der Waals surface area contributed by atoms with Gasteiger partial charge in [-0.25, -0.2) is 9.37 Å². The molecule has 0 aliphatic heterocycles. The fourth-order valence-electron chi connectivity index (χ4n) is 1.84. The second-order valence-corrected chi connectivity index (χ2v) is 4.62. The molecule has 0 radical (unpaired) electrons. The largest absolute Gasteiger partial charge is 0.369 e. The summed E-state index contributed by atoms with van der Waals surface area (Å²) in [5, 5.41) is 2.09. The smallest absolute Gasteiger partial charge is 0.261 e. The maximum absolute atomic E-state index is 13.7. The summed E-state index contributed by atoms with van der Waals surface area (Å²) in [5.41, 5.74) is 6.05. The zero-order valence-electron chi connectivity index (χ0n) is 9.11. The number of anilines is 1. The number of benzene rings is 1. The Kier molecular flexibility index (Phi) is 2.38. The summed E-state index contributed by atoms with van der Waals surface area (Å²) in [5.74, 6) is -0.303. The summed E-state index contributed by atoms with van der Waals surface area (Å²) in [6.45, 7) is 0. The first-order chi connectivity index (χ1) is 8.66. The molecule has 1 aromatic carbocycles. The van der Waals surface area contributed by atoms with Crippen molar-refractivity contribution in [2.75, 3.05) is 5.73 Å². The van der Waals surface area contributed by atoms with Crippen LogP contribution in [-0.2, 0) is 0 Å². The van der Waals surface area contributed by atoms with Crippen LogP contribution >= 0.6 is 11.3 Å². The van der Waals surface area contributed by atoms with E-state index in [1.165, 1.54) is 17.4 Å². The van der Waals surface area contributed by atoms with Crippen molar-refractivity contribution in [1.29, 1.82) is 0 Å². The predicted molar refractivity (Wildman–Crippen MR) is 70.0 cm³/mol. The first-order valence-corrected chi connectivity index (χ1v) is 6.06. The van der Waals surface area contributed by atoms with Crippen molar-refractivity contribution in [3.63, 3.8) is 0 Å². The number of hydrogen-bond acceptors (Lipinski definition) is 4. The maximum Gasteiger partial charge on any atom is 0.261 e. The normalized spacial score (nSPS) is 10.9. The Labute approximate surface area is 105 Å². The van der Waals surface area contributed by atoms with Crippen LogP contribution < -0.4 is 11.3 Å². The molecule has 0 saturated carbocycles. The molecule has 0 atom stereocenters. The molecule has 4 nitrogen and oxygen atoms in total. The highest BCUT2D eigenvalue weighted by Gasteiger charge is 2.14. The van der Waals surface area contributed by atoms with Gasteiger partial charge in [0.25, 0.3) is 5.56 Å². The molecule has 3 N–H and O–H groups in total. The second-order valence-electron chi connectivity index (χ2n) is 3.76. The highest BCUT2D eigenvalue weighted by Crippen LogP contribution is 2.32. The van der Waals surface area contributed by atoms with Crippen molar-refractivity contribution >= 4 is 27.5 Å². The number of nitrogens with zero attached hydrogens (tertiary/aromatic N) is 1. The zero-order chi connectivity index (χ0) is 12.7. The first-order valence-electron chi connectivity index (χ1n) is 5.18. The van der Waals surface area contributed by atoms with Gasteiger partial charge in [-0.3, -0.25) is 9.78 Å². The summed E-state index contributed by atoms with van der Waals surface area (Å²) < 4.78 is 13.7. The van der Waals surface area contributed by atoms with Crippen molar-refractivity contribution in [3.05, 3.63) is 45.8 Å². The minimum atomic E-state index is -0.367. The number of aromatic amines is 1. The number of halogens is 1. The Morgan fingerprint density at radius 3 is 2.83 bits per heavy atom. The topological polar surface area (TPSA) is 71.8 Å². The lowest BCUT2D eigenvalue weighted by Gasteiger charge is -2.00. The SMILES string of the molecule is Nc1nc2scc(-c3ccccc3F)c2c(=O)[nH]1. The minimum Gasteiger partial charge on any atom is -0.369 e. The van der Waals surface area contributed by atoms with Gasteiger partial charge in [-0.05, 0) is 6.07 Å². The average Bonchev–Trinajstić information content (AvgIpc) is 2.73. The summed E-state index contributed by atoms with van der Waals surface area (Å²) in [6, 6.07) is 6.32. The van der Waals surface area contributed by atoms with Crippen LogP contribution in [0.15, 0.2) is 34.4 Å². The Morgan fingerprint density at radius 1 is 1.28 bits per heavy atom. The molecule has 3 aromatic rings. The molecule has 6 heteroatoms. The van der Waals surface area contributed by atoms with Gasteiger partial charge in [0.05, 0.1) is 5.39 Å². The van der Waals surface area contributed by atoms with E-state index in [1.54, 1.807) is 23.6 Å². The number of H-pyrrole nitrogens is 1. The molecule has 18 heavy (non-hydrogen) atoms. The number of nitrogens with one attached hydrogen (secondary N) is 1. The molecular weight excluding hydrogens is 253 g/mol. The van der Waals surface area contributed by atoms with E-state index >= 15 is 0 Å². The first kappa shape index (κ1) is 10.9. The number of hydrogen-bond donors (Lipinski definition) is 2. The van der Waals surface area contributed by atoms with Crippen LogP contribution in [0.5, 0.6) is 0 Å². The summed E-state index contributed by atoms with van der Waals surface area (Å²) in [6.07, 6.45) is 0. The fourth-order valence-corrected chi connectivity index (χ4v) is 2.79. The van der Waals surface area contributed by atoms with E-state index in [-0.39, 0.29) is 17.3 Å². The van der Waals surface area contributed by atoms with Crippen LogP contribution in [0.2, 0.25) is 0 Å². The maximum atomic E-state index is 13.7. The van der Waals surface area contributed by atoms with Gasteiger partial charge in [-0.2, -0.15) is 0 Å². The number of aromatic nitrogens is 2. The van der Waals surface area contributed by atoms with Crippen LogP contribution in [0.4, 0.5) is 10.3 Å². The molecule has 2 heterocycles. The van der Waals surface area contributed by atoms with Crippen molar-refractivity contribution in [1.82, 2.24) is 9.97 Å². The molecule has 0 amide bonds. The van der Waals surface area contributed by atoms with E-state index < -0.39 is 0 Å². The van der Waals surface area contributed by atoms with E-state index in [0.29, 0.717) is 21.3 Å². The Bertz CT molecular complexity index is 793. The van der Waals surface area contributed by atoms with Crippen LogP contribution in [0, 0.1) is 5.82 Å². The molecule has 90 valence electrons. The fraction of sp³-hybridized carbons (Fsp3) is 0. The lowest BCUT2D eigenvalue weighted by atomic mass is 10.1. The molecule has 0 aliphatic rings. The Morgan fingerprint density at radius 2 is 2.06 bits per heavy atom.